The highest BCUT2D eigenvalue weighted by molar-refractivity contribution is 14.0. The van der Waals surface area contributed by atoms with E-state index in [2.05, 4.69) is 32.3 Å². The quantitative estimate of drug-likeness (QED) is 0.219. The summed E-state index contributed by atoms with van der Waals surface area (Å²) in [6, 6.07) is 0. The molecule has 2 saturated heterocycles. The molecule has 3 rings (SSSR count). The summed E-state index contributed by atoms with van der Waals surface area (Å²) in [4.78, 5) is 7.01. The smallest absolute Gasteiger partial charge is 0.191 e. The molecule has 6 nitrogen and oxygen atoms in total. The number of nitrogens with zero attached hydrogens (tertiary/aromatic N) is 2. The topological polar surface area (TPSA) is 58.1 Å². The predicted molar refractivity (Wildman–Crippen MR) is 120 cm³/mol. The molecule has 0 amide bonds. The van der Waals surface area contributed by atoms with Gasteiger partial charge in [0.05, 0.1) is 13.2 Å². The molecule has 0 aromatic rings. The molecule has 0 aromatic carbocycles. The summed E-state index contributed by atoms with van der Waals surface area (Å²) in [5.41, 5.74) is 0.249. The molecule has 1 saturated carbocycles. The molecule has 2 N–H and O–H groups in total. The molecule has 0 bridgehead atoms. The Morgan fingerprint density at radius 1 is 1.31 bits per heavy atom. The number of rotatable bonds is 9. The minimum absolute atomic E-state index is 0. The molecule has 0 aromatic heterocycles. The summed E-state index contributed by atoms with van der Waals surface area (Å²) in [5.74, 6) is 4.21. The average molecular weight is 498 g/mol. The summed E-state index contributed by atoms with van der Waals surface area (Å²) < 4.78 is 11.2. The second-order valence-electron chi connectivity index (χ2n) is 7.35. The number of hydrogen-bond acceptors (Lipinski definition) is 5. The van der Waals surface area contributed by atoms with E-state index in [1.165, 1.54) is 30.8 Å². The van der Waals surface area contributed by atoms with Gasteiger partial charge >= 0.3 is 0 Å². The number of halogens is 1. The highest BCUT2D eigenvalue weighted by atomic mass is 127. The number of nitrogens with one attached hydrogen (secondary N) is 2. The number of guanidine groups is 1. The molecule has 8 heteroatoms. The fourth-order valence-corrected chi connectivity index (χ4v) is 5.00. The van der Waals surface area contributed by atoms with E-state index in [0.717, 1.165) is 70.9 Å². The highest BCUT2D eigenvalue weighted by Crippen LogP contribution is 2.33. The van der Waals surface area contributed by atoms with E-state index in [0.29, 0.717) is 0 Å². The van der Waals surface area contributed by atoms with E-state index in [1.807, 2.05) is 7.05 Å². The Morgan fingerprint density at radius 3 is 2.77 bits per heavy atom. The zero-order chi connectivity index (χ0) is 17.4. The SMILES string of the molecule is CN=C(NCCCOCC1CC1)NCC1(N2CCOCC2)CCSC1.I. The lowest BCUT2D eigenvalue weighted by Crippen LogP contribution is -2.60. The van der Waals surface area contributed by atoms with Gasteiger partial charge in [-0.05, 0) is 37.4 Å². The minimum atomic E-state index is 0. The Bertz CT molecular complexity index is 425. The Kier molecular flexibility index (Phi) is 10.3. The molecule has 26 heavy (non-hydrogen) atoms. The van der Waals surface area contributed by atoms with Crippen LogP contribution in [-0.2, 0) is 9.47 Å². The van der Waals surface area contributed by atoms with Gasteiger partial charge in [0.1, 0.15) is 0 Å². The van der Waals surface area contributed by atoms with E-state index < -0.39 is 0 Å². The van der Waals surface area contributed by atoms with Gasteiger partial charge in [-0.2, -0.15) is 11.8 Å². The lowest BCUT2D eigenvalue weighted by atomic mass is 9.95. The first-order valence-corrected chi connectivity index (χ1v) is 10.9. The summed E-state index contributed by atoms with van der Waals surface area (Å²) in [6.45, 7) is 7.47. The van der Waals surface area contributed by atoms with Crippen molar-refractivity contribution in [2.45, 2.75) is 31.2 Å². The van der Waals surface area contributed by atoms with Crippen LogP contribution in [0, 0.1) is 5.92 Å². The van der Waals surface area contributed by atoms with Crippen LogP contribution in [-0.4, -0.2) is 87.6 Å². The van der Waals surface area contributed by atoms with Crippen molar-refractivity contribution in [2.75, 3.05) is 71.2 Å². The van der Waals surface area contributed by atoms with Crippen molar-refractivity contribution in [2.24, 2.45) is 10.9 Å². The van der Waals surface area contributed by atoms with Crippen LogP contribution in [0.25, 0.3) is 0 Å². The predicted octanol–water partition coefficient (Wildman–Crippen LogP) is 1.79. The molecule has 1 atom stereocenters. The number of morpholine rings is 1. The van der Waals surface area contributed by atoms with Crippen LogP contribution in [0.1, 0.15) is 25.7 Å². The lowest BCUT2D eigenvalue weighted by Gasteiger charge is -2.43. The van der Waals surface area contributed by atoms with Crippen LogP contribution in [0.2, 0.25) is 0 Å². The van der Waals surface area contributed by atoms with Crippen molar-refractivity contribution in [1.82, 2.24) is 15.5 Å². The van der Waals surface area contributed by atoms with Crippen LogP contribution < -0.4 is 10.6 Å². The Morgan fingerprint density at radius 2 is 2.12 bits per heavy atom. The Balaban J connectivity index is 0.00000243. The molecular formula is C18H35IN4O2S. The zero-order valence-corrected chi connectivity index (χ0v) is 19.2. The fraction of sp³-hybridized carbons (Fsp3) is 0.944. The van der Waals surface area contributed by atoms with Gasteiger partial charge < -0.3 is 20.1 Å². The number of thioether (sulfide) groups is 1. The summed E-state index contributed by atoms with van der Waals surface area (Å²) >= 11 is 2.07. The van der Waals surface area contributed by atoms with Crippen LogP contribution in [0.15, 0.2) is 4.99 Å². The summed E-state index contributed by atoms with van der Waals surface area (Å²) in [5, 5.41) is 7.00. The van der Waals surface area contributed by atoms with Gasteiger partial charge in [0.25, 0.3) is 0 Å². The zero-order valence-electron chi connectivity index (χ0n) is 16.0. The van der Waals surface area contributed by atoms with Gasteiger partial charge in [-0.15, -0.1) is 24.0 Å². The lowest BCUT2D eigenvalue weighted by molar-refractivity contribution is -0.0120. The van der Waals surface area contributed by atoms with Gasteiger partial charge in [-0.3, -0.25) is 9.89 Å². The second kappa shape index (κ2) is 11.9. The van der Waals surface area contributed by atoms with E-state index in [9.17, 15) is 0 Å². The number of aliphatic imine (C=N–C) groups is 1. The van der Waals surface area contributed by atoms with Gasteiger partial charge in [-0.25, -0.2) is 0 Å². The van der Waals surface area contributed by atoms with Crippen LogP contribution in [0.3, 0.4) is 0 Å². The maximum absolute atomic E-state index is 5.69. The van der Waals surface area contributed by atoms with Crippen molar-refractivity contribution in [3.63, 3.8) is 0 Å². The van der Waals surface area contributed by atoms with Gasteiger partial charge in [-0.1, -0.05) is 0 Å². The van der Waals surface area contributed by atoms with Crippen molar-refractivity contribution in [3.8, 4) is 0 Å². The van der Waals surface area contributed by atoms with Crippen molar-refractivity contribution in [3.05, 3.63) is 0 Å². The molecular weight excluding hydrogens is 463 g/mol. The molecule has 3 fully saturated rings. The van der Waals surface area contributed by atoms with Crippen molar-refractivity contribution in [1.29, 1.82) is 0 Å². The maximum atomic E-state index is 5.69. The van der Waals surface area contributed by atoms with Crippen molar-refractivity contribution >= 4 is 41.7 Å². The molecule has 3 aliphatic rings. The summed E-state index contributed by atoms with van der Waals surface area (Å²) in [7, 11) is 1.85. The van der Waals surface area contributed by atoms with E-state index >= 15 is 0 Å². The third-order valence-corrected chi connectivity index (χ3v) is 6.62. The molecule has 2 aliphatic heterocycles. The van der Waals surface area contributed by atoms with Gasteiger partial charge in [0, 0.05) is 57.7 Å². The van der Waals surface area contributed by atoms with E-state index in [1.54, 1.807) is 0 Å². The van der Waals surface area contributed by atoms with Gasteiger partial charge in [0.15, 0.2) is 5.96 Å². The van der Waals surface area contributed by atoms with Crippen LogP contribution in [0.4, 0.5) is 0 Å². The van der Waals surface area contributed by atoms with Crippen molar-refractivity contribution < 1.29 is 9.47 Å². The fourth-order valence-electron chi connectivity index (χ4n) is 3.52. The molecule has 0 spiro atoms. The summed E-state index contributed by atoms with van der Waals surface area (Å²) in [6.07, 6.45) is 4.99. The monoisotopic (exact) mass is 498 g/mol. The highest BCUT2D eigenvalue weighted by Gasteiger charge is 2.40. The third-order valence-electron chi connectivity index (χ3n) is 5.38. The molecule has 1 aliphatic carbocycles. The standard InChI is InChI=1S/C18H34N4O2S.HI/c1-19-17(20-6-2-9-24-13-16-3-4-16)21-14-18(5-12-25-15-18)22-7-10-23-11-8-22;/h16H,2-15H2,1H3,(H2,19,20,21);1H. The first-order chi connectivity index (χ1) is 12.3. The Hall–Kier alpha value is 0.230. The molecule has 2 heterocycles. The molecule has 0 radical (unpaired) electrons. The third kappa shape index (κ3) is 7.00. The van der Waals surface area contributed by atoms with Gasteiger partial charge in [0.2, 0.25) is 0 Å². The van der Waals surface area contributed by atoms with Crippen LogP contribution in [0.5, 0.6) is 0 Å². The van der Waals surface area contributed by atoms with Crippen LogP contribution >= 0.6 is 35.7 Å². The van der Waals surface area contributed by atoms with E-state index in [4.69, 9.17) is 9.47 Å². The average Bonchev–Trinajstić information content (AvgIpc) is 3.36. The second-order valence-corrected chi connectivity index (χ2v) is 8.46. The molecule has 152 valence electrons. The maximum Gasteiger partial charge on any atom is 0.191 e. The number of ether oxygens (including phenoxy) is 2. The Labute approximate surface area is 179 Å². The molecule has 1 unspecified atom stereocenters. The largest absolute Gasteiger partial charge is 0.381 e. The first-order valence-electron chi connectivity index (χ1n) is 9.75. The van der Waals surface area contributed by atoms with E-state index in [-0.39, 0.29) is 29.5 Å². The number of hydrogen-bond donors (Lipinski definition) is 2. The normalized spacial score (nSPS) is 27.2. The minimum Gasteiger partial charge on any atom is -0.381 e. The first kappa shape index (κ1) is 22.5.